The van der Waals surface area contributed by atoms with Gasteiger partial charge in [0.1, 0.15) is 18.1 Å². The Labute approximate surface area is 156 Å². The number of amides is 1. The largest absolute Gasteiger partial charge is 0.496 e. The van der Waals surface area contributed by atoms with Crippen LogP contribution in [0, 0.1) is 6.92 Å². The Hall–Kier alpha value is -3.61. The van der Waals surface area contributed by atoms with Gasteiger partial charge in [-0.3, -0.25) is 4.79 Å². The Balaban J connectivity index is 1.77. The molecule has 0 atom stereocenters. The second-order valence-corrected chi connectivity index (χ2v) is 5.72. The van der Waals surface area contributed by atoms with Crippen LogP contribution >= 0.6 is 0 Å². The van der Waals surface area contributed by atoms with E-state index in [4.69, 9.17) is 14.1 Å². The highest BCUT2D eigenvalue weighted by atomic mass is 16.6. The van der Waals surface area contributed by atoms with E-state index < -0.39 is 0 Å². The highest BCUT2D eigenvalue weighted by Crippen LogP contribution is 2.29. The molecule has 0 saturated heterocycles. The van der Waals surface area contributed by atoms with E-state index in [1.807, 2.05) is 25.1 Å². The van der Waals surface area contributed by atoms with E-state index in [-0.39, 0.29) is 11.7 Å². The Bertz CT molecular complexity index is 948. The van der Waals surface area contributed by atoms with E-state index in [0.29, 0.717) is 23.6 Å². The summed E-state index contributed by atoms with van der Waals surface area (Å²) in [5.41, 5.74) is 2.60. The topological polar surface area (TPSA) is 86.5 Å². The number of hydrogen-bond acceptors (Lipinski definition) is 6. The van der Waals surface area contributed by atoms with Crippen LogP contribution in [0.1, 0.15) is 15.9 Å². The zero-order valence-corrected chi connectivity index (χ0v) is 15.1. The van der Waals surface area contributed by atoms with E-state index in [0.717, 1.165) is 16.9 Å². The lowest BCUT2D eigenvalue weighted by Crippen LogP contribution is -2.12. The summed E-state index contributed by atoms with van der Waals surface area (Å²) in [5.74, 6) is 1.34. The molecular weight excluding hydrogens is 346 g/mol. The predicted molar refractivity (Wildman–Crippen MR) is 101 cm³/mol. The molecule has 1 heterocycles. The lowest BCUT2D eigenvalue weighted by Gasteiger charge is -2.07. The van der Waals surface area contributed by atoms with E-state index >= 15 is 0 Å². The summed E-state index contributed by atoms with van der Waals surface area (Å²) in [6, 6.07) is 12.3. The molecule has 0 spiro atoms. The molecule has 0 aliphatic heterocycles. The summed E-state index contributed by atoms with van der Waals surface area (Å²) < 4.78 is 15.5. The van der Waals surface area contributed by atoms with Crippen molar-refractivity contribution in [3.63, 3.8) is 0 Å². The molecule has 0 aliphatic rings. The van der Waals surface area contributed by atoms with E-state index in [1.165, 1.54) is 0 Å². The summed E-state index contributed by atoms with van der Waals surface area (Å²) in [7, 11) is 1.61. The minimum Gasteiger partial charge on any atom is -0.496 e. The van der Waals surface area contributed by atoms with Gasteiger partial charge in [-0.05, 0) is 65.3 Å². The first kappa shape index (κ1) is 18.2. The summed E-state index contributed by atoms with van der Waals surface area (Å²) >= 11 is 0. The van der Waals surface area contributed by atoms with Crippen LogP contribution in [0.25, 0.3) is 11.3 Å². The summed E-state index contributed by atoms with van der Waals surface area (Å²) in [6.45, 7) is 5.92. The monoisotopic (exact) mass is 365 g/mol. The molecule has 0 bridgehead atoms. The molecule has 0 unspecified atom stereocenters. The van der Waals surface area contributed by atoms with Crippen LogP contribution in [-0.2, 0) is 0 Å². The molecule has 0 fully saturated rings. The van der Waals surface area contributed by atoms with Crippen molar-refractivity contribution in [3.8, 4) is 22.8 Å². The standard InChI is InChI=1S/C20H19N3O4/c1-4-11-26-16-8-5-14(6-9-16)20(24)21-19-18(22-27-23-19)15-7-10-17(25-3)13(2)12-15/h4-10,12H,1,11H2,2-3H3,(H,21,23,24). The highest BCUT2D eigenvalue weighted by Gasteiger charge is 2.17. The Morgan fingerprint density at radius 1 is 1.22 bits per heavy atom. The van der Waals surface area contributed by atoms with Gasteiger partial charge in [-0.1, -0.05) is 12.7 Å². The molecular formula is C20H19N3O4. The molecule has 0 radical (unpaired) electrons. The molecule has 3 rings (SSSR count). The van der Waals surface area contributed by atoms with Gasteiger partial charge >= 0.3 is 0 Å². The number of ether oxygens (including phenoxy) is 2. The van der Waals surface area contributed by atoms with Crippen LogP contribution in [0.3, 0.4) is 0 Å². The van der Waals surface area contributed by atoms with Crippen LogP contribution < -0.4 is 14.8 Å². The maximum Gasteiger partial charge on any atom is 0.256 e. The Kier molecular flexibility index (Phi) is 5.51. The second-order valence-electron chi connectivity index (χ2n) is 5.72. The first-order valence-electron chi connectivity index (χ1n) is 8.25. The first-order chi connectivity index (χ1) is 13.1. The zero-order valence-electron chi connectivity index (χ0n) is 15.1. The second kappa shape index (κ2) is 8.18. The summed E-state index contributed by atoms with van der Waals surface area (Å²) in [4.78, 5) is 12.5. The molecule has 3 aromatic rings. The van der Waals surface area contributed by atoms with Crippen LogP contribution in [-0.4, -0.2) is 29.9 Å². The van der Waals surface area contributed by atoms with E-state index in [2.05, 4.69) is 22.2 Å². The van der Waals surface area contributed by atoms with Gasteiger partial charge in [0.25, 0.3) is 5.91 Å². The number of anilines is 1. The van der Waals surface area contributed by atoms with Crippen LogP contribution in [0.5, 0.6) is 11.5 Å². The lowest BCUT2D eigenvalue weighted by atomic mass is 10.1. The van der Waals surface area contributed by atoms with Crippen molar-refractivity contribution < 1.29 is 18.9 Å². The number of aromatic nitrogens is 2. The van der Waals surface area contributed by atoms with Crippen molar-refractivity contribution in [2.24, 2.45) is 0 Å². The minimum absolute atomic E-state index is 0.247. The number of nitrogens with one attached hydrogen (secondary N) is 1. The van der Waals surface area contributed by atoms with Gasteiger partial charge in [0, 0.05) is 11.1 Å². The number of rotatable bonds is 7. The van der Waals surface area contributed by atoms with Gasteiger partial charge in [-0.2, -0.15) is 0 Å². The van der Waals surface area contributed by atoms with Gasteiger partial charge in [0.05, 0.1) is 7.11 Å². The number of carbonyl (C=O) groups is 1. The molecule has 2 aromatic carbocycles. The van der Waals surface area contributed by atoms with Crippen LogP contribution in [0.2, 0.25) is 0 Å². The van der Waals surface area contributed by atoms with Gasteiger partial charge in [0.2, 0.25) is 5.82 Å². The molecule has 138 valence electrons. The fourth-order valence-corrected chi connectivity index (χ4v) is 2.52. The number of benzene rings is 2. The quantitative estimate of drug-likeness (QED) is 0.640. The summed E-state index contributed by atoms with van der Waals surface area (Å²) in [5, 5.41) is 10.4. The van der Waals surface area contributed by atoms with E-state index in [1.54, 1.807) is 37.5 Å². The SMILES string of the molecule is C=CCOc1ccc(C(=O)Nc2nonc2-c2ccc(OC)c(C)c2)cc1. The number of nitrogens with zero attached hydrogens (tertiary/aromatic N) is 2. The minimum atomic E-state index is -0.326. The molecule has 0 aliphatic carbocycles. The predicted octanol–water partition coefficient (Wildman–Crippen LogP) is 3.87. The maximum absolute atomic E-state index is 12.5. The first-order valence-corrected chi connectivity index (χ1v) is 8.25. The van der Waals surface area contributed by atoms with Crippen molar-refractivity contribution in [1.29, 1.82) is 0 Å². The molecule has 27 heavy (non-hydrogen) atoms. The van der Waals surface area contributed by atoms with Crippen molar-refractivity contribution in [2.75, 3.05) is 19.0 Å². The van der Waals surface area contributed by atoms with Crippen molar-refractivity contribution in [3.05, 3.63) is 66.2 Å². The smallest absolute Gasteiger partial charge is 0.256 e. The lowest BCUT2D eigenvalue weighted by molar-refractivity contribution is 0.102. The van der Waals surface area contributed by atoms with Gasteiger partial charge < -0.3 is 14.8 Å². The number of hydrogen-bond donors (Lipinski definition) is 1. The Morgan fingerprint density at radius 3 is 2.67 bits per heavy atom. The third-order valence-corrected chi connectivity index (χ3v) is 3.87. The van der Waals surface area contributed by atoms with Gasteiger partial charge in [-0.25, -0.2) is 4.63 Å². The average Bonchev–Trinajstić information content (AvgIpc) is 3.14. The third kappa shape index (κ3) is 4.14. The number of aryl methyl sites for hydroxylation is 1. The molecule has 7 nitrogen and oxygen atoms in total. The van der Waals surface area contributed by atoms with Crippen molar-refractivity contribution >= 4 is 11.7 Å². The Morgan fingerprint density at radius 2 is 2.00 bits per heavy atom. The maximum atomic E-state index is 12.5. The molecule has 0 saturated carbocycles. The van der Waals surface area contributed by atoms with Crippen molar-refractivity contribution in [1.82, 2.24) is 10.3 Å². The highest BCUT2D eigenvalue weighted by molar-refractivity contribution is 6.05. The molecule has 7 heteroatoms. The number of methoxy groups -OCH3 is 1. The average molecular weight is 365 g/mol. The third-order valence-electron chi connectivity index (χ3n) is 3.87. The van der Waals surface area contributed by atoms with Crippen LogP contribution in [0.4, 0.5) is 5.82 Å². The molecule has 1 aromatic heterocycles. The van der Waals surface area contributed by atoms with E-state index in [9.17, 15) is 4.79 Å². The fraction of sp³-hybridized carbons (Fsp3) is 0.150. The zero-order chi connectivity index (χ0) is 19.2. The molecule has 1 N–H and O–H groups in total. The van der Waals surface area contributed by atoms with Gasteiger partial charge in [-0.15, -0.1) is 0 Å². The molecule has 1 amide bonds. The fourth-order valence-electron chi connectivity index (χ4n) is 2.52. The van der Waals surface area contributed by atoms with Crippen LogP contribution in [0.15, 0.2) is 59.7 Å². The van der Waals surface area contributed by atoms with Gasteiger partial charge in [0.15, 0.2) is 5.69 Å². The number of carbonyl (C=O) groups excluding carboxylic acids is 1. The van der Waals surface area contributed by atoms with Crippen molar-refractivity contribution in [2.45, 2.75) is 6.92 Å². The normalized spacial score (nSPS) is 10.3. The summed E-state index contributed by atoms with van der Waals surface area (Å²) in [6.07, 6.45) is 1.65.